The molecule has 1 unspecified atom stereocenters. The van der Waals surface area contributed by atoms with E-state index in [0.717, 1.165) is 12.7 Å². The van der Waals surface area contributed by atoms with Crippen molar-refractivity contribution in [2.24, 2.45) is 5.92 Å². The maximum atomic E-state index is 11.8. The van der Waals surface area contributed by atoms with Gasteiger partial charge in [-0.2, -0.15) is 8.42 Å². The topological polar surface area (TPSA) is 80.8 Å². The fourth-order valence-corrected chi connectivity index (χ4v) is 2.49. The van der Waals surface area contributed by atoms with Crippen LogP contribution in [0.3, 0.4) is 0 Å². The van der Waals surface area contributed by atoms with Crippen molar-refractivity contribution in [1.82, 2.24) is 4.90 Å². The van der Waals surface area contributed by atoms with Crippen LogP contribution in [0.25, 0.3) is 0 Å². The third-order valence-corrected chi connectivity index (χ3v) is 3.75. The first-order chi connectivity index (χ1) is 8.85. The Balaban J connectivity index is 2.19. The molecule has 0 aliphatic carbocycles. The second kappa shape index (κ2) is 7.00. The Kier molecular flexibility index (Phi) is 5.93. The lowest BCUT2D eigenvalue weighted by molar-refractivity contribution is -0.139. The van der Waals surface area contributed by atoms with Crippen LogP contribution >= 0.6 is 0 Å². The van der Waals surface area contributed by atoms with E-state index in [2.05, 4.69) is 4.18 Å². The molecule has 0 spiro atoms. The van der Waals surface area contributed by atoms with Gasteiger partial charge in [-0.15, -0.1) is 0 Å². The highest BCUT2D eigenvalue weighted by atomic mass is 32.2. The van der Waals surface area contributed by atoms with Crippen molar-refractivity contribution >= 4 is 21.9 Å². The largest absolute Gasteiger partial charge is 0.282 e. The summed E-state index contributed by atoms with van der Waals surface area (Å²) in [6, 6.07) is 0. The van der Waals surface area contributed by atoms with Crippen LogP contribution in [0.4, 0.5) is 0 Å². The van der Waals surface area contributed by atoms with Crippen LogP contribution in [-0.4, -0.2) is 44.5 Å². The first-order valence-corrected chi connectivity index (χ1v) is 8.35. The van der Waals surface area contributed by atoms with E-state index in [9.17, 15) is 18.0 Å². The van der Waals surface area contributed by atoms with Gasteiger partial charge in [-0.25, -0.2) is 0 Å². The highest BCUT2D eigenvalue weighted by Gasteiger charge is 2.36. The lowest BCUT2D eigenvalue weighted by Crippen LogP contribution is -2.31. The molecule has 1 aliphatic rings. The van der Waals surface area contributed by atoms with Gasteiger partial charge in [-0.3, -0.25) is 18.7 Å². The molecule has 110 valence electrons. The maximum absolute atomic E-state index is 11.8. The number of carbonyl (C=O) groups is 2. The number of likely N-dealkylation sites (tertiary alicyclic amines) is 1. The number of hydrogen-bond acceptors (Lipinski definition) is 5. The number of unbranched alkanes of at least 4 members (excludes halogenated alkanes) is 2. The van der Waals surface area contributed by atoms with Crippen molar-refractivity contribution in [3.8, 4) is 0 Å². The molecule has 1 rings (SSSR count). The van der Waals surface area contributed by atoms with Gasteiger partial charge < -0.3 is 0 Å². The van der Waals surface area contributed by atoms with E-state index in [1.54, 1.807) is 0 Å². The predicted octanol–water partition coefficient (Wildman–Crippen LogP) is 0.918. The second-order valence-electron chi connectivity index (χ2n) is 4.78. The second-order valence-corrected chi connectivity index (χ2v) is 6.42. The van der Waals surface area contributed by atoms with Crippen molar-refractivity contribution < 1.29 is 22.2 Å². The Labute approximate surface area is 114 Å². The predicted molar refractivity (Wildman–Crippen MR) is 69.8 cm³/mol. The van der Waals surface area contributed by atoms with Gasteiger partial charge in [-0.05, 0) is 25.7 Å². The van der Waals surface area contributed by atoms with Gasteiger partial charge in [0.1, 0.15) is 0 Å². The molecule has 1 saturated heterocycles. The number of rotatable bonds is 8. The smallest absolute Gasteiger partial charge is 0.264 e. The Morgan fingerprint density at radius 2 is 1.95 bits per heavy atom. The van der Waals surface area contributed by atoms with Crippen LogP contribution in [0.5, 0.6) is 0 Å². The molecule has 0 bridgehead atoms. The van der Waals surface area contributed by atoms with Crippen molar-refractivity contribution in [3.63, 3.8) is 0 Å². The summed E-state index contributed by atoms with van der Waals surface area (Å²) >= 11 is 0. The molecule has 2 amide bonds. The molecule has 0 saturated carbocycles. The highest BCUT2D eigenvalue weighted by molar-refractivity contribution is 7.85. The van der Waals surface area contributed by atoms with Crippen molar-refractivity contribution in [2.75, 3.05) is 19.4 Å². The zero-order chi connectivity index (χ0) is 14.5. The fourth-order valence-electron chi connectivity index (χ4n) is 2.06. The highest BCUT2D eigenvalue weighted by Crippen LogP contribution is 2.22. The summed E-state index contributed by atoms with van der Waals surface area (Å²) < 4.78 is 26.0. The standard InChI is InChI=1S/C12H21NO5S/c1-3-10-9-11(14)13(12(10)15)7-5-4-6-8-18-19(2,16)17/h10H,3-9H2,1-2H3. The molecule has 1 aliphatic heterocycles. The number of amides is 2. The molecule has 7 heteroatoms. The van der Waals surface area contributed by atoms with E-state index in [4.69, 9.17) is 0 Å². The quantitative estimate of drug-likeness (QED) is 0.377. The molecule has 0 N–H and O–H groups in total. The summed E-state index contributed by atoms with van der Waals surface area (Å²) in [5.41, 5.74) is 0. The lowest BCUT2D eigenvalue weighted by atomic mass is 10.1. The average molecular weight is 291 g/mol. The Hall–Kier alpha value is -0.950. The number of carbonyl (C=O) groups excluding carboxylic acids is 2. The van der Waals surface area contributed by atoms with E-state index in [0.29, 0.717) is 32.2 Å². The van der Waals surface area contributed by atoms with Gasteiger partial charge in [0.15, 0.2) is 0 Å². The van der Waals surface area contributed by atoms with Crippen LogP contribution in [0, 0.1) is 5.92 Å². The van der Waals surface area contributed by atoms with Gasteiger partial charge in [-0.1, -0.05) is 6.92 Å². The van der Waals surface area contributed by atoms with Gasteiger partial charge in [0.25, 0.3) is 10.1 Å². The van der Waals surface area contributed by atoms with Gasteiger partial charge >= 0.3 is 0 Å². The molecule has 0 aromatic carbocycles. The van der Waals surface area contributed by atoms with Gasteiger partial charge in [0, 0.05) is 18.9 Å². The van der Waals surface area contributed by atoms with Crippen LogP contribution < -0.4 is 0 Å². The van der Waals surface area contributed by atoms with E-state index < -0.39 is 10.1 Å². The van der Waals surface area contributed by atoms with Crippen molar-refractivity contribution in [2.45, 2.75) is 39.0 Å². The van der Waals surface area contributed by atoms with E-state index in [1.165, 1.54) is 4.90 Å². The summed E-state index contributed by atoms with van der Waals surface area (Å²) in [5.74, 6) is -0.315. The Morgan fingerprint density at radius 3 is 2.47 bits per heavy atom. The van der Waals surface area contributed by atoms with Crippen LogP contribution in [0.15, 0.2) is 0 Å². The van der Waals surface area contributed by atoms with Gasteiger partial charge in [0.05, 0.1) is 12.9 Å². The third kappa shape index (κ3) is 5.28. The van der Waals surface area contributed by atoms with E-state index in [-0.39, 0.29) is 24.3 Å². The van der Waals surface area contributed by atoms with E-state index in [1.807, 2.05) is 6.92 Å². The molecular weight excluding hydrogens is 270 g/mol. The minimum atomic E-state index is -3.37. The number of hydrogen-bond donors (Lipinski definition) is 0. The minimum absolute atomic E-state index is 0.0696. The lowest BCUT2D eigenvalue weighted by Gasteiger charge is -2.14. The molecule has 0 radical (unpaired) electrons. The third-order valence-electron chi connectivity index (χ3n) is 3.15. The summed E-state index contributed by atoms with van der Waals surface area (Å²) in [7, 11) is -3.37. The Bertz CT molecular complexity index is 431. The number of imide groups is 1. The molecule has 19 heavy (non-hydrogen) atoms. The molecule has 1 atom stereocenters. The fraction of sp³-hybridized carbons (Fsp3) is 0.833. The first-order valence-electron chi connectivity index (χ1n) is 6.53. The monoisotopic (exact) mass is 291 g/mol. The summed E-state index contributed by atoms with van der Waals surface area (Å²) in [4.78, 5) is 24.7. The van der Waals surface area contributed by atoms with Crippen molar-refractivity contribution in [1.29, 1.82) is 0 Å². The van der Waals surface area contributed by atoms with E-state index >= 15 is 0 Å². The molecule has 0 aromatic heterocycles. The maximum Gasteiger partial charge on any atom is 0.264 e. The Morgan fingerprint density at radius 1 is 1.26 bits per heavy atom. The number of nitrogens with zero attached hydrogens (tertiary/aromatic N) is 1. The zero-order valence-electron chi connectivity index (χ0n) is 11.4. The van der Waals surface area contributed by atoms with Crippen LogP contribution in [0.2, 0.25) is 0 Å². The average Bonchev–Trinajstić information content (AvgIpc) is 2.58. The van der Waals surface area contributed by atoms with Crippen LogP contribution in [-0.2, 0) is 23.9 Å². The molecule has 1 heterocycles. The molecule has 1 fully saturated rings. The normalized spacial score (nSPS) is 20.3. The zero-order valence-corrected chi connectivity index (χ0v) is 12.2. The summed E-state index contributed by atoms with van der Waals surface area (Å²) in [5, 5.41) is 0. The summed E-state index contributed by atoms with van der Waals surface area (Å²) in [6.45, 7) is 2.48. The summed E-state index contributed by atoms with van der Waals surface area (Å²) in [6.07, 6.45) is 4.04. The first kappa shape index (κ1) is 16.1. The van der Waals surface area contributed by atoms with Crippen molar-refractivity contribution in [3.05, 3.63) is 0 Å². The minimum Gasteiger partial charge on any atom is -0.282 e. The SMILES string of the molecule is CCC1CC(=O)N(CCCCCOS(C)(=O)=O)C1=O. The molecular formula is C12H21NO5S. The van der Waals surface area contributed by atoms with Crippen LogP contribution in [0.1, 0.15) is 39.0 Å². The molecule has 0 aromatic rings. The molecule has 6 nitrogen and oxygen atoms in total. The van der Waals surface area contributed by atoms with Gasteiger partial charge in [0.2, 0.25) is 11.8 Å².